The van der Waals surface area contributed by atoms with Gasteiger partial charge >= 0.3 is 0 Å². The van der Waals surface area contributed by atoms with Gasteiger partial charge in [0.05, 0.1) is 0 Å². The number of anilines is 1. The summed E-state index contributed by atoms with van der Waals surface area (Å²) in [6.45, 7) is 3.67. The molecule has 0 N–H and O–H groups in total. The smallest absolute Gasteiger partial charge is 0.253 e. The highest BCUT2D eigenvalue weighted by Gasteiger charge is 2.21. The van der Waals surface area contributed by atoms with Crippen LogP contribution < -0.4 is 4.90 Å². The van der Waals surface area contributed by atoms with Gasteiger partial charge in [0.15, 0.2) is 0 Å². The highest BCUT2D eigenvalue weighted by atomic mass is 16.2. The van der Waals surface area contributed by atoms with E-state index in [1.54, 1.807) is 9.80 Å². The van der Waals surface area contributed by atoms with Crippen LogP contribution in [-0.4, -0.2) is 36.9 Å². The summed E-state index contributed by atoms with van der Waals surface area (Å²) in [5.74, 6) is 0.210. The molecular weight excluding hydrogens is 252 g/mol. The van der Waals surface area contributed by atoms with E-state index in [2.05, 4.69) is 6.92 Å². The monoisotopic (exact) mass is 274 g/mol. The average molecular weight is 274 g/mol. The summed E-state index contributed by atoms with van der Waals surface area (Å²) in [6, 6.07) is 7.35. The van der Waals surface area contributed by atoms with Gasteiger partial charge in [-0.3, -0.25) is 9.59 Å². The number of carbonyl (C=O) groups is 2. The van der Waals surface area contributed by atoms with Gasteiger partial charge in [0, 0.05) is 37.8 Å². The van der Waals surface area contributed by atoms with Gasteiger partial charge in [-0.25, -0.2) is 0 Å². The van der Waals surface area contributed by atoms with E-state index in [0.717, 1.165) is 38.0 Å². The maximum Gasteiger partial charge on any atom is 0.253 e. The molecule has 20 heavy (non-hydrogen) atoms. The Hall–Kier alpha value is -1.84. The summed E-state index contributed by atoms with van der Waals surface area (Å²) in [6.07, 6.45) is 3.63. The molecule has 1 saturated heterocycles. The molecule has 0 aliphatic carbocycles. The van der Waals surface area contributed by atoms with E-state index in [9.17, 15) is 9.59 Å². The minimum Gasteiger partial charge on any atom is -0.342 e. The van der Waals surface area contributed by atoms with Gasteiger partial charge in [0.2, 0.25) is 5.91 Å². The van der Waals surface area contributed by atoms with Gasteiger partial charge in [-0.1, -0.05) is 13.3 Å². The van der Waals surface area contributed by atoms with Gasteiger partial charge in [-0.05, 0) is 37.1 Å². The normalized spacial score (nSPS) is 14.7. The average Bonchev–Trinajstić information content (AvgIpc) is 2.90. The maximum absolute atomic E-state index is 12.2. The van der Waals surface area contributed by atoms with Gasteiger partial charge in [0.1, 0.15) is 0 Å². The summed E-state index contributed by atoms with van der Waals surface area (Å²) >= 11 is 0. The third-order valence-electron chi connectivity index (χ3n) is 3.69. The Morgan fingerprint density at radius 3 is 2.55 bits per heavy atom. The number of hydrogen-bond acceptors (Lipinski definition) is 2. The zero-order chi connectivity index (χ0) is 14.5. The molecular formula is C16H22N2O2. The SMILES string of the molecule is CCCCN(C)C(=O)c1ccc(N2CCCC2=O)cc1. The number of amides is 2. The summed E-state index contributed by atoms with van der Waals surface area (Å²) < 4.78 is 0. The van der Waals surface area contributed by atoms with Crippen molar-refractivity contribution in [2.75, 3.05) is 25.0 Å². The largest absolute Gasteiger partial charge is 0.342 e. The van der Waals surface area contributed by atoms with Crippen LogP contribution in [0.25, 0.3) is 0 Å². The summed E-state index contributed by atoms with van der Waals surface area (Å²) in [5.41, 5.74) is 1.57. The Morgan fingerprint density at radius 1 is 1.30 bits per heavy atom. The molecule has 0 aromatic heterocycles. The Kier molecular flexibility index (Phi) is 4.77. The maximum atomic E-state index is 12.2. The van der Waals surface area contributed by atoms with E-state index in [1.807, 2.05) is 31.3 Å². The second-order valence-corrected chi connectivity index (χ2v) is 5.28. The van der Waals surface area contributed by atoms with Crippen molar-refractivity contribution in [1.29, 1.82) is 0 Å². The van der Waals surface area contributed by atoms with Gasteiger partial charge < -0.3 is 9.80 Å². The molecule has 1 aliphatic rings. The molecule has 4 heteroatoms. The molecule has 0 radical (unpaired) electrons. The minimum absolute atomic E-state index is 0.0396. The van der Waals surface area contributed by atoms with Crippen molar-refractivity contribution in [3.05, 3.63) is 29.8 Å². The second kappa shape index (κ2) is 6.55. The lowest BCUT2D eigenvalue weighted by Crippen LogP contribution is -2.28. The van der Waals surface area contributed by atoms with Gasteiger partial charge in [-0.15, -0.1) is 0 Å². The van der Waals surface area contributed by atoms with Crippen LogP contribution in [-0.2, 0) is 4.79 Å². The van der Waals surface area contributed by atoms with Crippen molar-refractivity contribution in [3.8, 4) is 0 Å². The van der Waals surface area contributed by atoms with Crippen molar-refractivity contribution >= 4 is 17.5 Å². The van der Waals surface area contributed by atoms with E-state index in [4.69, 9.17) is 0 Å². The van der Waals surface area contributed by atoms with Crippen LogP contribution in [0.4, 0.5) is 5.69 Å². The summed E-state index contributed by atoms with van der Waals surface area (Å²) in [7, 11) is 1.83. The van der Waals surface area contributed by atoms with E-state index < -0.39 is 0 Å². The molecule has 1 fully saturated rings. The second-order valence-electron chi connectivity index (χ2n) is 5.28. The van der Waals surface area contributed by atoms with Crippen LogP contribution in [0.5, 0.6) is 0 Å². The van der Waals surface area contributed by atoms with E-state index in [1.165, 1.54) is 0 Å². The van der Waals surface area contributed by atoms with Crippen LogP contribution in [0.3, 0.4) is 0 Å². The lowest BCUT2D eigenvalue weighted by Gasteiger charge is -2.18. The third kappa shape index (κ3) is 3.18. The van der Waals surface area contributed by atoms with Crippen molar-refractivity contribution in [1.82, 2.24) is 4.90 Å². The van der Waals surface area contributed by atoms with Crippen LogP contribution >= 0.6 is 0 Å². The fourth-order valence-corrected chi connectivity index (χ4v) is 2.42. The zero-order valence-electron chi connectivity index (χ0n) is 12.3. The predicted molar refractivity (Wildman–Crippen MR) is 79.9 cm³/mol. The lowest BCUT2D eigenvalue weighted by molar-refractivity contribution is -0.117. The van der Waals surface area contributed by atoms with Crippen LogP contribution in [0.1, 0.15) is 43.0 Å². The van der Waals surface area contributed by atoms with Crippen LogP contribution in [0.15, 0.2) is 24.3 Å². The fraction of sp³-hybridized carbons (Fsp3) is 0.500. The number of hydrogen-bond donors (Lipinski definition) is 0. The van der Waals surface area contributed by atoms with E-state index in [-0.39, 0.29) is 11.8 Å². The Bertz CT molecular complexity index is 482. The molecule has 108 valence electrons. The van der Waals surface area contributed by atoms with Crippen LogP contribution in [0.2, 0.25) is 0 Å². The standard InChI is InChI=1S/C16H22N2O2/c1-3-4-11-17(2)16(20)13-7-9-14(10-8-13)18-12-5-6-15(18)19/h7-10H,3-6,11-12H2,1-2H3. The van der Waals surface area contributed by atoms with Crippen molar-refractivity contribution < 1.29 is 9.59 Å². The number of nitrogens with zero attached hydrogens (tertiary/aromatic N) is 2. The first-order chi connectivity index (χ1) is 9.63. The van der Waals surface area contributed by atoms with Gasteiger partial charge in [-0.2, -0.15) is 0 Å². The Morgan fingerprint density at radius 2 is 2.00 bits per heavy atom. The number of carbonyl (C=O) groups excluding carboxylic acids is 2. The van der Waals surface area contributed by atoms with E-state index in [0.29, 0.717) is 12.0 Å². The molecule has 0 spiro atoms. The summed E-state index contributed by atoms with van der Waals surface area (Å²) in [4.78, 5) is 27.4. The topological polar surface area (TPSA) is 40.6 Å². The van der Waals surface area contributed by atoms with E-state index >= 15 is 0 Å². The minimum atomic E-state index is 0.0396. The zero-order valence-corrected chi connectivity index (χ0v) is 12.3. The van der Waals surface area contributed by atoms with Gasteiger partial charge in [0.25, 0.3) is 5.91 Å². The lowest BCUT2D eigenvalue weighted by atomic mass is 10.1. The molecule has 1 aromatic rings. The molecule has 0 unspecified atom stereocenters. The third-order valence-corrected chi connectivity index (χ3v) is 3.69. The molecule has 1 aromatic carbocycles. The first kappa shape index (κ1) is 14.6. The number of rotatable bonds is 5. The molecule has 4 nitrogen and oxygen atoms in total. The molecule has 2 rings (SSSR count). The number of benzene rings is 1. The fourth-order valence-electron chi connectivity index (χ4n) is 2.42. The Balaban J connectivity index is 2.04. The van der Waals surface area contributed by atoms with Crippen molar-refractivity contribution in [3.63, 3.8) is 0 Å². The quantitative estimate of drug-likeness (QED) is 0.828. The molecule has 0 atom stereocenters. The van der Waals surface area contributed by atoms with Crippen LogP contribution in [0, 0.1) is 0 Å². The Labute approximate surface area is 120 Å². The molecule has 0 saturated carbocycles. The number of unbranched alkanes of at least 4 members (excludes halogenated alkanes) is 1. The first-order valence-corrected chi connectivity index (χ1v) is 7.29. The molecule has 1 heterocycles. The highest BCUT2D eigenvalue weighted by molar-refractivity contribution is 5.97. The highest BCUT2D eigenvalue weighted by Crippen LogP contribution is 2.21. The van der Waals surface area contributed by atoms with Crippen molar-refractivity contribution in [2.45, 2.75) is 32.6 Å². The molecule has 1 aliphatic heterocycles. The molecule has 0 bridgehead atoms. The first-order valence-electron chi connectivity index (χ1n) is 7.29. The predicted octanol–water partition coefficient (Wildman–Crippen LogP) is 2.69. The van der Waals surface area contributed by atoms with Crippen molar-refractivity contribution in [2.24, 2.45) is 0 Å². The molecule has 2 amide bonds. The summed E-state index contributed by atoms with van der Waals surface area (Å²) in [5, 5.41) is 0.